The Morgan fingerprint density at radius 1 is 1.11 bits per heavy atom. The molecule has 1 atom stereocenters. The number of hydrogen-bond acceptors (Lipinski definition) is 3. The van der Waals surface area contributed by atoms with Gasteiger partial charge in [0, 0.05) is 25.7 Å². The quantitative estimate of drug-likeness (QED) is 0.910. The van der Waals surface area contributed by atoms with Gasteiger partial charge in [-0.1, -0.05) is 30.3 Å². The summed E-state index contributed by atoms with van der Waals surface area (Å²) in [6.07, 6.45) is 0. The third-order valence-corrected chi connectivity index (χ3v) is 3.44. The molecule has 1 aromatic rings. The summed E-state index contributed by atoms with van der Waals surface area (Å²) in [6, 6.07) is 10.4. The van der Waals surface area contributed by atoms with Crippen molar-refractivity contribution in [1.82, 2.24) is 4.90 Å². The molecule has 1 unspecified atom stereocenters. The van der Waals surface area contributed by atoms with Gasteiger partial charge in [-0.15, -0.1) is 0 Å². The summed E-state index contributed by atoms with van der Waals surface area (Å²) in [4.78, 5) is 2.42. The summed E-state index contributed by atoms with van der Waals surface area (Å²) in [5.74, 6) is 0. The Balaban J connectivity index is 2.03. The standard InChI is InChI=1S/C16H26N2O/c1-15(2)11-18(12-16(3,4)19-15)10-14(17)13-8-6-5-7-9-13/h5-9,14H,10-12,17H2,1-4H3. The van der Waals surface area contributed by atoms with Crippen LogP contribution in [0.3, 0.4) is 0 Å². The monoisotopic (exact) mass is 262 g/mol. The molecule has 1 saturated heterocycles. The first-order chi connectivity index (χ1) is 8.77. The van der Waals surface area contributed by atoms with Gasteiger partial charge in [0.25, 0.3) is 0 Å². The largest absolute Gasteiger partial charge is 0.367 e. The number of nitrogens with two attached hydrogens (primary N) is 1. The van der Waals surface area contributed by atoms with Crippen LogP contribution in [0.2, 0.25) is 0 Å². The highest BCUT2D eigenvalue weighted by Gasteiger charge is 2.38. The highest BCUT2D eigenvalue weighted by Crippen LogP contribution is 2.28. The van der Waals surface area contributed by atoms with E-state index in [2.05, 4.69) is 44.7 Å². The molecule has 2 N–H and O–H groups in total. The summed E-state index contributed by atoms with van der Waals surface area (Å²) in [5.41, 5.74) is 7.29. The van der Waals surface area contributed by atoms with Gasteiger partial charge in [0.05, 0.1) is 11.2 Å². The van der Waals surface area contributed by atoms with E-state index in [0.717, 1.165) is 19.6 Å². The molecule has 0 radical (unpaired) electrons. The van der Waals surface area contributed by atoms with Crippen molar-refractivity contribution in [2.24, 2.45) is 5.73 Å². The molecule has 0 aromatic heterocycles. The predicted octanol–water partition coefficient (Wildman–Crippen LogP) is 2.58. The van der Waals surface area contributed by atoms with Gasteiger partial charge >= 0.3 is 0 Å². The molecule has 0 saturated carbocycles. The molecule has 19 heavy (non-hydrogen) atoms. The number of ether oxygens (including phenoxy) is 1. The summed E-state index contributed by atoms with van der Waals surface area (Å²) < 4.78 is 6.10. The second-order valence-corrected chi connectivity index (χ2v) is 6.81. The molecule has 3 nitrogen and oxygen atoms in total. The summed E-state index contributed by atoms with van der Waals surface area (Å²) in [5, 5.41) is 0. The van der Waals surface area contributed by atoms with Gasteiger partial charge in [-0.05, 0) is 33.3 Å². The van der Waals surface area contributed by atoms with Gasteiger partial charge in [0.2, 0.25) is 0 Å². The van der Waals surface area contributed by atoms with Crippen LogP contribution in [0, 0.1) is 0 Å². The smallest absolute Gasteiger partial charge is 0.0760 e. The zero-order chi connectivity index (χ0) is 14.1. The van der Waals surface area contributed by atoms with Gasteiger partial charge in [0.15, 0.2) is 0 Å². The first-order valence-corrected chi connectivity index (χ1v) is 7.00. The average Bonchev–Trinajstić information content (AvgIpc) is 2.25. The molecule has 1 fully saturated rings. The first kappa shape index (κ1) is 14.5. The van der Waals surface area contributed by atoms with Crippen LogP contribution in [-0.2, 0) is 4.74 Å². The van der Waals surface area contributed by atoms with Crippen LogP contribution < -0.4 is 5.73 Å². The zero-order valence-corrected chi connectivity index (χ0v) is 12.5. The van der Waals surface area contributed by atoms with Crippen molar-refractivity contribution in [3.05, 3.63) is 35.9 Å². The number of benzene rings is 1. The molecule has 0 aliphatic carbocycles. The van der Waals surface area contributed by atoms with Crippen LogP contribution in [0.5, 0.6) is 0 Å². The van der Waals surface area contributed by atoms with Crippen LogP contribution in [0.1, 0.15) is 39.3 Å². The highest BCUT2D eigenvalue weighted by atomic mass is 16.5. The van der Waals surface area contributed by atoms with Crippen LogP contribution in [0.25, 0.3) is 0 Å². The predicted molar refractivity (Wildman–Crippen MR) is 79.1 cm³/mol. The Morgan fingerprint density at radius 2 is 1.63 bits per heavy atom. The van der Waals surface area contributed by atoms with Crippen LogP contribution in [-0.4, -0.2) is 35.7 Å². The van der Waals surface area contributed by atoms with E-state index >= 15 is 0 Å². The van der Waals surface area contributed by atoms with E-state index in [4.69, 9.17) is 10.5 Å². The van der Waals surface area contributed by atoms with E-state index < -0.39 is 0 Å². The van der Waals surface area contributed by atoms with Crippen LogP contribution in [0.15, 0.2) is 30.3 Å². The van der Waals surface area contributed by atoms with Crippen molar-refractivity contribution in [3.8, 4) is 0 Å². The first-order valence-electron chi connectivity index (χ1n) is 7.00. The second kappa shape index (κ2) is 5.23. The summed E-state index contributed by atoms with van der Waals surface area (Å²) in [6.45, 7) is 11.3. The van der Waals surface area contributed by atoms with Gasteiger partial charge in [0.1, 0.15) is 0 Å². The number of morpholine rings is 1. The summed E-state index contributed by atoms with van der Waals surface area (Å²) in [7, 11) is 0. The fourth-order valence-corrected chi connectivity index (χ4v) is 3.16. The highest BCUT2D eigenvalue weighted by molar-refractivity contribution is 5.18. The van der Waals surface area contributed by atoms with E-state index in [1.165, 1.54) is 5.56 Å². The van der Waals surface area contributed by atoms with E-state index in [1.807, 2.05) is 18.2 Å². The summed E-state index contributed by atoms with van der Waals surface area (Å²) >= 11 is 0. The Labute approximate surface area is 116 Å². The van der Waals surface area contributed by atoms with Crippen molar-refractivity contribution in [2.75, 3.05) is 19.6 Å². The molecular formula is C16H26N2O. The van der Waals surface area contributed by atoms with Crippen molar-refractivity contribution < 1.29 is 4.74 Å². The lowest BCUT2D eigenvalue weighted by Gasteiger charge is -2.47. The lowest BCUT2D eigenvalue weighted by atomic mass is 9.97. The molecule has 3 heteroatoms. The molecule has 0 spiro atoms. The molecule has 1 aromatic carbocycles. The number of hydrogen-bond donors (Lipinski definition) is 1. The SMILES string of the molecule is CC1(C)CN(CC(N)c2ccccc2)CC(C)(C)O1. The minimum atomic E-state index is -0.113. The maximum Gasteiger partial charge on any atom is 0.0760 e. The van der Waals surface area contributed by atoms with Gasteiger partial charge in [-0.3, -0.25) is 4.90 Å². The van der Waals surface area contributed by atoms with Crippen LogP contribution in [0.4, 0.5) is 0 Å². The number of nitrogens with zero attached hydrogens (tertiary/aromatic N) is 1. The molecule has 1 aliphatic heterocycles. The van der Waals surface area contributed by atoms with E-state index in [-0.39, 0.29) is 17.2 Å². The minimum Gasteiger partial charge on any atom is -0.367 e. The molecule has 0 amide bonds. The lowest BCUT2D eigenvalue weighted by Crippen LogP contribution is -2.58. The van der Waals surface area contributed by atoms with Gasteiger partial charge < -0.3 is 10.5 Å². The molecule has 0 bridgehead atoms. The van der Waals surface area contributed by atoms with Crippen molar-refractivity contribution in [3.63, 3.8) is 0 Å². The topological polar surface area (TPSA) is 38.5 Å². The van der Waals surface area contributed by atoms with E-state index in [1.54, 1.807) is 0 Å². The van der Waals surface area contributed by atoms with Crippen LogP contribution >= 0.6 is 0 Å². The average molecular weight is 262 g/mol. The maximum absolute atomic E-state index is 6.32. The molecule has 1 aliphatic rings. The fraction of sp³-hybridized carbons (Fsp3) is 0.625. The zero-order valence-electron chi connectivity index (χ0n) is 12.5. The van der Waals surface area contributed by atoms with Gasteiger partial charge in [-0.25, -0.2) is 0 Å². The Morgan fingerprint density at radius 3 is 2.16 bits per heavy atom. The van der Waals surface area contributed by atoms with E-state index in [9.17, 15) is 0 Å². The molecular weight excluding hydrogens is 236 g/mol. The third kappa shape index (κ3) is 4.03. The van der Waals surface area contributed by atoms with E-state index in [0.29, 0.717) is 0 Å². The lowest BCUT2D eigenvalue weighted by molar-refractivity contribution is -0.181. The Hall–Kier alpha value is -0.900. The third-order valence-electron chi connectivity index (χ3n) is 3.44. The second-order valence-electron chi connectivity index (χ2n) is 6.81. The molecule has 2 rings (SSSR count). The normalized spacial score (nSPS) is 24.1. The fourth-order valence-electron chi connectivity index (χ4n) is 3.16. The Kier molecular flexibility index (Phi) is 4.00. The number of rotatable bonds is 3. The van der Waals surface area contributed by atoms with Crippen molar-refractivity contribution >= 4 is 0 Å². The molecule has 106 valence electrons. The minimum absolute atomic E-state index is 0.0610. The van der Waals surface area contributed by atoms with Crippen molar-refractivity contribution in [2.45, 2.75) is 44.9 Å². The Bertz CT molecular complexity index is 398. The molecule has 1 heterocycles. The maximum atomic E-state index is 6.32. The van der Waals surface area contributed by atoms with Gasteiger partial charge in [-0.2, -0.15) is 0 Å². The van der Waals surface area contributed by atoms with Crippen molar-refractivity contribution in [1.29, 1.82) is 0 Å².